The number of likely N-dealkylation sites (tertiary alicyclic amines) is 1. The van der Waals surface area contributed by atoms with Crippen LogP contribution in [0.2, 0.25) is 0 Å². The standard InChI is InChI=1S/C18H34N2O6S/c1-5-6-10-7-11(20(3)8-10)17(25)19-12(9(2)21)16-14(23)13(22)15(24)18(26-16)27-4/h9-16,18,21-24H,5-8H2,1-4H3,(H,19,25)/t9?,10-,11+,12-,13-,14+,15+,16-,18+/m0/s1. The lowest BCUT2D eigenvalue weighted by atomic mass is 9.92. The average Bonchev–Trinajstić information content (AvgIpc) is 2.99. The molecule has 2 fully saturated rings. The molecule has 0 spiro atoms. The number of amides is 1. The first-order chi connectivity index (χ1) is 12.7. The van der Waals surface area contributed by atoms with Crippen LogP contribution in [0.4, 0.5) is 0 Å². The van der Waals surface area contributed by atoms with Gasteiger partial charge < -0.3 is 30.5 Å². The van der Waals surface area contributed by atoms with Crippen molar-refractivity contribution in [3.8, 4) is 0 Å². The number of hydrogen-bond donors (Lipinski definition) is 5. The Morgan fingerprint density at radius 2 is 1.96 bits per heavy atom. The maximum atomic E-state index is 12.8. The van der Waals surface area contributed by atoms with E-state index in [4.69, 9.17) is 4.74 Å². The summed E-state index contributed by atoms with van der Waals surface area (Å²) in [4.78, 5) is 14.9. The highest BCUT2D eigenvalue weighted by molar-refractivity contribution is 7.99. The molecule has 2 rings (SSSR count). The lowest BCUT2D eigenvalue weighted by Gasteiger charge is -2.44. The fraction of sp³-hybridized carbons (Fsp3) is 0.944. The van der Waals surface area contributed by atoms with Gasteiger partial charge in [-0.05, 0) is 39.0 Å². The molecule has 1 unspecified atom stereocenters. The van der Waals surface area contributed by atoms with Gasteiger partial charge in [-0.3, -0.25) is 9.69 Å². The van der Waals surface area contributed by atoms with E-state index in [-0.39, 0.29) is 11.9 Å². The van der Waals surface area contributed by atoms with Gasteiger partial charge >= 0.3 is 0 Å². The number of aliphatic hydroxyl groups excluding tert-OH is 4. The van der Waals surface area contributed by atoms with Gasteiger partial charge in [0.15, 0.2) is 0 Å². The van der Waals surface area contributed by atoms with Gasteiger partial charge in [-0.2, -0.15) is 0 Å². The summed E-state index contributed by atoms with van der Waals surface area (Å²) in [5.74, 6) is 0.245. The maximum Gasteiger partial charge on any atom is 0.237 e. The van der Waals surface area contributed by atoms with E-state index in [0.717, 1.165) is 25.8 Å². The highest BCUT2D eigenvalue weighted by Gasteiger charge is 2.48. The Kier molecular flexibility index (Phi) is 8.35. The molecule has 0 aromatic carbocycles. The number of likely N-dealkylation sites (N-methyl/N-ethyl adjacent to an activating group) is 1. The Balaban J connectivity index is 2.09. The van der Waals surface area contributed by atoms with E-state index in [2.05, 4.69) is 12.2 Å². The fourth-order valence-electron chi connectivity index (χ4n) is 4.13. The molecule has 2 heterocycles. The molecule has 0 bridgehead atoms. The van der Waals surface area contributed by atoms with E-state index >= 15 is 0 Å². The summed E-state index contributed by atoms with van der Waals surface area (Å²) < 4.78 is 5.72. The van der Waals surface area contributed by atoms with Crippen LogP contribution >= 0.6 is 11.8 Å². The van der Waals surface area contributed by atoms with E-state index in [1.807, 2.05) is 11.9 Å². The molecule has 2 aliphatic rings. The van der Waals surface area contributed by atoms with Crippen molar-refractivity contribution in [1.29, 1.82) is 0 Å². The van der Waals surface area contributed by atoms with Gasteiger partial charge in [0.05, 0.1) is 18.2 Å². The van der Waals surface area contributed by atoms with E-state index in [1.54, 1.807) is 6.26 Å². The molecule has 1 amide bonds. The van der Waals surface area contributed by atoms with Crippen molar-refractivity contribution in [3.05, 3.63) is 0 Å². The number of ether oxygens (including phenoxy) is 1. The lowest BCUT2D eigenvalue weighted by Crippen LogP contribution is -2.65. The van der Waals surface area contributed by atoms with Gasteiger partial charge in [0.2, 0.25) is 5.91 Å². The molecule has 5 N–H and O–H groups in total. The van der Waals surface area contributed by atoms with Gasteiger partial charge in [-0.25, -0.2) is 0 Å². The number of carbonyl (C=O) groups is 1. The fourth-order valence-corrected chi connectivity index (χ4v) is 4.81. The smallest absolute Gasteiger partial charge is 0.237 e. The average molecular weight is 407 g/mol. The molecule has 0 saturated carbocycles. The van der Waals surface area contributed by atoms with Crippen LogP contribution in [0.3, 0.4) is 0 Å². The molecule has 2 saturated heterocycles. The second-order valence-electron chi connectivity index (χ2n) is 7.80. The zero-order valence-electron chi connectivity index (χ0n) is 16.5. The predicted octanol–water partition coefficient (Wildman–Crippen LogP) is -0.857. The number of nitrogens with one attached hydrogen (secondary N) is 1. The second kappa shape index (κ2) is 9.87. The Bertz CT molecular complexity index is 494. The summed E-state index contributed by atoms with van der Waals surface area (Å²) in [6.07, 6.45) is -1.50. The normalized spacial score (nSPS) is 39.9. The topological polar surface area (TPSA) is 122 Å². The Morgan fingerprint density at radius 3 is 2.52 bits per heavy atom. The summed E-state index contributed by atoms with van der Waals surface area (Å²) in [5, 5.41) is 43.5. The van der Waals surface area contributed by atoms with E-state index in [1.165, 1.54) is 18.7 Å². The van der Waals surface area contributed by atoms with Crippen LogP contribution in [0.5, 0.6) is 0 Å². The third-order valence-electron chi connectivity index (χ3n) is 5.66. The van der Waals surface area contributed by atoms with Crippen LogP contribution in [0.25, 0.3) is 0 Å². The molecule has 9 atom stereocenters. The first kappa shape index (κ1) is 22.9. The third-order valence-corrected chi connectivity index (χ3v) is 6.51. The minimum absolute atomic E-state index is 0.223. The van der Waals surface area contributed by atoms with Gasteiger partial charge in [0.25, 0.3) is 0 Å². The monoisotopic (exact) mass is 406 g/mol. The number of rotatable bonds is 7. The minimum atomic E-state index is -1.42. The number of carbonyl (C=O) groups excluding carboxylic acids is 1. The molecule has 0 radical (unpaired) electrons. The highest BCUT2D eigenvalue weighted by Crippen LogP contribution is 2.30. The largest absolute Gasteiger partial charge is 0.391 e. The van der Waals surface area contributed by atoms with Gasteiger partial charge in [-0.1, -0.05) is 13.3 Å². The predicted molar refractivity (Wildman–Crippen MR) is 103 cm³/mol. The van der Waals surface area contributed by atoms with Crippen LogP contribution in [-0.2, 0) is 9.53 Å². The van der Waals surface area contributed by atoms with Crippen LogP contribution in [0, 0.1) is 5.92 Å². The Morgan fingerprint density at radius 1 is 1.30 bits per heavy atom. The number of hydrogen-bond acceptors (Lipinski definition) is 8. The molecule has 0 aromatic rings. The van der Waals surface area contributed by atoms with E-state index in [9.17, 15) is 25.2 Å². The van der Waals surface area contributed by atoms with Crippen molar-refractivity contribution in [2.24, 2.45) is 5.92 Å². The summed E-state index contributed by atoms with van der Waals surface area (Å²) in [6, 6.07) is -1.20. The molecular formula is C18H34N2O6S. The molecule has 2 aliphatic heterocycles. The van der Waals surface area contributed by atoms with Crippen molar-refractivity contribution in [2.45, 2.75) is 81.1 Å². The number of aliphatic hydroxyl groups is 4. The van der Waals surface area contributed by atoms with E-state index < -0.39 is 42.0 Å². The molecule has 0 aromatic heterocycles. The summed E-state index contributed by atoms with van der Waals surface area (Å²) in [7, 11) is 1.91. The number of thioether (sulfide) groups is 1. The summed E-state index contributed by atoms with van der Waals surface area (Å²) in [5.41, 5.74) is -0.755. The molecular weight excluding hydrogens is 372 g/mol. The SMILES string of the molecule is CCC[C@H]1C[C@H](C(=O)N[C@@H](C(C)O)[C@@H]2O[C@H](SC)[C@H](O)[C@@H](O)[C@H]2O)N(C)C1. The van der Waals surface area contributed by atoms with Gasteiger partial charge in [0.1, 0.15) is 29.9 Å². The van der Waals surface area contributed by atoms with Crippen molar-refractivity contribution >= 4 is 17.7 Å². The first-order valence-electron chi connectivity index (χ1n) is 9.62. The van der Waals surface area contributed by atoms with Crippen molar-refractivity contribution < 1.29 is 30.0 Å². The molecule has 158 valence electrons. The molecule has 8 nitrogen and oxygen atoms in total. The van der Waals surface area contributed by atoms with Crippen molar-refractivity contribution in [2.75, 3.05) is 19.8 Å². The molecule has 27 heavy (non-hydrogen) atoms. The molecule has 0 aliphatic carbocycles. The van der Waals surface area contributed by atoms with E-state index in [0.29, 0.717) is 5.92 Å². The van der Waals surface area contributed by atoms with Gasteiger partial charge in [0, 0.05) is 6.54 Å². The zero-order chi connectivity index (χ0) is 20.3. The maximum absolute atomic E-state index is 12.8. The first-order valence-corrected chi connectivity index (χ1v) is 10.9. The Labute approximate surface area is 165 Å². The van der Waals surface area contributed by atoms with Crippen molar-refractivity contribution in [1.82, 2.24) is 10.2 Å². The minimum Gasteiger partial charge on any atom is -0.391 e. The van der Waals surface area contributed by atoms with Gasteiger partial charge in [-0.15, -0.1) is 11.8 Å². The Hall–Kier alpha value is -0.420. The quantitative estimate of drug-likeness (QED) is 0.370. The van der Waals surface area contributed by atoms with Crippen LogP contribution in [0.1, 0.15) is 33.1 Å². The van der Waals surface area contributed by atoms with Crippen LogP contribution in [0.15, 0.2) is 0 Å². The lowest BCUT2D eigenvalue weighted by molar-refractivity contribution is -0.211. The molecule has 9 heteroatoms. The third kappa shape index (κ3) is 5.14. The van der Waals surface area contributed by atoms with Crippen LogP contribution < -0.4 is 5.32 Å². The summed E-state index contributed by atoms with van der Waals surface area (Å²) >= 11 is 1.20. The van der Waals surface area contributed by atoms with Crippen LogP contribution in [-0.4, -0.2) is 99.1 Å². The second-order valence-corrected chi connectivity index (χ2v) is 8.73. The van der Waals surface area contributed by atoms with Crippen molar-refractivity contribution in [3.63, 3.8) is 0 Å². The summed E-state index contributed by atoms with van der Waals surface area (Å²) in [6.45, 7) is 4.48. The highest BCUT2D eigenvalue weighted by atomic mass is 32.2. The number of nitrogens with zero attached hydrogens (tertiary/aromatic N) is 1. The zero-order valence-corrected chi connectivity index (χ0v) is 17.3.